The van der Waals surface area contributed by atoms with Crippen LogP contribution in [0.25, 0.3) is 44.4 Å². The molecule has 0 fully saturated rings. The zero-order valence-electron chi connectivity index (χ0n) is 17.6. The molecule has 0 aliphatic heterocycles. The minimum absolute atomic E-state index is 0.723. The van der Waals surface area contributed by atoms with Crippen LogP contribution in [0.5, 0.6) is 5.75 Å². The van der Waals surface area contributed by atoms with Crippen LogP contribution in [0.1, 0.15) is 11.1 Å². The molecular weight excluding hydrogens is 414 g/mol. The molecular formula is C29H20ClNO. The molecule has 0 amide bonds. The van der Waals surface area contributed by atoms with Gasteiger partial charge in [-0.25, -0.2) is 4.98 Å². The van der Waals surface area contributed by atoms with E-state index in [9.17, 15) is 0 Å². The number of benzene rings is 4. The fourth-order valence-corrected chi connectivity index (χ4v) is 4.76. The van der Waals surface area contributed by atoms with Gasteiger partial charge in [0.1, 0.15) is 5.75 Å². The number of aromatic nitrogens is 1. The average molecular weight is 434 g/mol. The molecule has 0 atom stereocenters. The van der Waals surface area contributed by atoms with Crippen LogP contribution in [0.2, 0.25) is 5.02 Å². The van der Waals surface area contributed by atoms with E-state index in [1.54, 1.807) is 7.11 Å². The van der Waals surface area contributed by atoms with Crippen LogP contribution in [0.15, 0.2) is 91.0 Å². The Bertz CT molecular complexity index is 1470. The number of rotatable bonds is 3. The lowest BCUT2D eigenvalue weighted by molar-refractivity contribution is 0.415. The first kappa shape index (κ1) is 19.1. The minimum atomic E-state index is 0.723. The maximum absolute atomic E-state index is 6.13. The summed E-state index contributed by atoms with van der Waals surface area (Å²) in [6.45, 7) is 0. The Labute approximate surface area is 192 Å². The van der Waals surface area contributed by atoms with Crippen LogP contribution < -0.4 is 4.74 Å². The van der Waals surface area contributed by atoms with E-state index in [1.165, 1.54) is 22.3 Å². The quantitative estimate of drug-likeness (QED) is 0.284. The van der Waals surface area contributed by atoms with E-state index in [2.05, 4.69) is 54.6 Å². The van der Waals surface area contributed by atoms with Gasteiger partial charge in [-0.2, -0.15) is 0 Å². The predicted octanol–water partition coefficient (Wildman–Crippen LogP) is 7.80. The maximum Gasteiger partial charge on any atom is 0.118 e. The molecule has 3 heteroatoms. The molecule has 1 aliphatic carbocycles. The van der Waals surface area contributed by atoms with Crippen molar-refractivity contribution in [3.05, 3.63) is 107 Å². The third kappa shape index (κ3) is 3.16. The van der Waals surface area contributed by atoms with Crippen molar-refractivity contribution in [3.63, 3.8) is 0 Å². The van der Waals surface area contributed by atoms with Crippen molar-refractivity contribution in [1.29, 1.82) is 0 Å². The second-order valence-corrected chi connectivity index (χ2v) is 8.59. The highest BCUT2D eigenvalue weighted by molar-refractivity contribution is 6.30. The summed E-state index contributed by atoms with van der Waals surface area (Å²) in [4.78, 5) is 5.07. The molecule has 6 rings (SSSR count). The summed E-state index contributed by atoms with van der Waals surface area (Å²) in [5.74, 6) is 0.847. The van der Waals surface area contributed by atoms with Gasteiger partial charge in [-0.15, -0.1) is 0 Å². The van der Waals surface area contributed by atoms with Crippen LogP contribution in [0, 0.1) is 0 Å². The first-order valence-electron chi connectivity index (χ1n) is 10.7. The monoisotopic (exact) mass is 433 g/mol. The zero-order chi connectivity index (χ0) is 21.7. The number of fused-ring (bicyclic) bond motifs is 4. The standard InChI is InChI=1S/C29H20ClNO/c1-32-23-12-8-18(9-13-23)26-17-28(19-6-10-22(30)11-7-19)31-29-15-21-14-20-4-2-3-5-24(20)25(21)16-27(26)29/h2-13,15-17H,14H2,1H3. The number of methoxy groups -OCH3 is 1. The molecule has 32 heavy (non-hydrogen) atoms. The van der Waals surface area contributed by atoms with E-state index in [1.807, 2.05) is 36.4 Å². The van der Waals surface area contributed by atoms with Gasteiger partial charge in [0.15, 0.2) is 0 Å². The molecule has 1 aliphatic rings. The molecule has 0 unspecified atom stereocenters. The third-order valence-electron chi connectivity index (χ3n) is 6.26. The smallest absolute Gasteiger partial charge is 0.118 e. The molecule has 154 valence electrons. The highest BCUT2D eigenvalue weighted by atomic mass is 35.5. The lowest BCUT2D eigenvalue weighted by Gasteiger charge is -2.13. The molecule has 0 bridgehead atoms. The summed E-state index contributed by atoms with van der Waals surface area (Å²) < 4.78 is 5.37. The van der Waals surface area contributed by atoms with Gasteiger partial charge in [0, 0.05) is 16.0 Å². The maximum atomic E-state index is 6.13. The Kier molecular flexibility index (Phi) is 4.48. The summed E-state index contributed by atoms with van der Waals surface area (Å²) >= 11 is 6.13. The van der Waals surface area contributed by atoms with Crippen molar-refractivity contribution in [1.82, 2.24) is 4.98 Å². The van der Waals surface area contributed by atoms with Crippen molar-refractivity contribution < 1.29 is 4.74 Å². The number of ether oxygens (including phenoxy) is 1. The number of hydrogen-bond donors (Lipinski definition) is 0. The molecule has 1 heterocycles. The number of halogens is 1. The van der Waals surface area contributed by atoms with Crippen molar-refractivity contribution >= 4 is 22.5 Å². The van der Waals surface area contributed by atoms with Crippen molar-refractivity contribution in [2.24, 2.45) is 0 Å². The van der Waals surface area contributed by atoms with E-state index in [-0.39, 0.29) is 0 Å². The van der Waals surface area contributed by atoms with Crippen LogP contribution in [0.4, 0.5) is 0 Å². The fourth-order valence-electron chi connectivity index (χ4n) is 4.63. The van der Waals surface area contributed by atoms with Gasteiger partial charge in [0.25, 0.3) is 0 Å². The highest BCUT2D eigenvalue weighted by Gasteiger charge is 2.20. The van der Waals surface area contributed by atoms with Gasteiger partial charge in [-0.3, -0.25) is 0 Å². The molecule has 0 saturated heterocycles. The minimum Gasteiger partial charge on any atom is -0.497 e. The Morgan fingerprint density at radius 1 is 0.719 bits per heavy atom. The third-order valence-corrected chi connectivity index (χ3v) is 6.52. The molecule has 0 radical (unpaired) electrons. The Morgan fingerprint density at radius 2 is 1.47 bits per heavy atom. The molecule has 0 N–H and O–H groups in total. The molecule has 0 spiro atoms. The van der Waals surface area contributed by atoms with Gasteiger partial charge >= 0.3 is 0 Å². The topological polar surface area (TPSA) is 22.1 Å². The summed E-state index contributed by atoms with van der Waals surface area (Å²) in [7, 11) is 1.69. The normalized spacial score (nSPS) is 11.9. The van der Waals surface area contributed by atoms with E-state index < -0.39 is 0 Å². The first-order chi connectivity index (χ1) is 15.7. The zero-order valence-corrected chi connectivity index (χ0v) is 18.4. The predicted molar refractivity (Wildman–Crippen MR) is 132 cm³/mol. The molecule has 1 aromatic heterocycles. The van der Waals surface area contributed by atoms with E-state index >= 15 is 0 Å². The van der Waals surface area contributed by atoms with Gasteiger partial charge < -0.3 is 4.74 Å². The first-order valence-corrected chi connectivity index (χ1v) is 11.0. The lowest BCUT2D eigenvalue weighted by Crippen LogP contribution is -1.92. The number of hydrogen-bond acceptors (Lipinski definition) is 2. The van der Waals surface area contributed by atoms with Crippen LogP contribution in [-0.4, -0.2) is 12.1 Å². The second-order valence-electron chi connectivity index (χ2n) is 8.15. The molecule has 5 aromatic rings. The fraction of sp³-hybridized carbons (Fsp3) is 0.0690. The number of pyridine rings is 1. The molecule has 2 nitrogen and oxygen atoms in total. The van der Waals surface area contributed by atoms with E-state index in [4.69, 9.17) is 21.3 Å². The van der Waals surface area contributed by atoms with Crippen molar-refractivity contribution in [2.45, 2.75) is 6.42 Å². The molecule has 4 aromatic carbocycles. The summed E-state index contributed by atoms with van der Waals surface area (Å²) in [5.41, 5.74) is 10.6. The molecule has 0 saturated carbocycles. The van der Waals surface area contributed by atoms with Crippen LogP contribution in [0.3, 0.4) is 0 Å². The van der Waals surface area contributed by atoms with E-state index in [0.29, 0.717) is 0 Å². The van der Waals surface area contributed by atoms with Gasteiger partial charge in [0.05, 0.1) is 18.3 Å². The highest BCUT2D eigenvalue weighted by Crippen LogP contribution is 2.41. The van der Waals surface area contributed by atoms with Gasteiger partial charge in [0.2, 0.25) is 0 Å². The van der Waals surface area contributed by atoms with Crippen molar-refractivity contribution in [2.75, 3.05) is 7.11 Å². The van der Waals surface area contributed by atoms with E-state index in [0.717, 1.165) is 50.5 Å². The Balaban J connectivity index is 1.62. The lowest BCUT2D eigenvalue weighted by atomic mass is 9.95. The Morgan fingerprint density at radius 3 is 2.25 bits per heavy atom. The summed E-state index contributed by atoms with van der Waals surface area (Å²) in [5, 5.41) is 1.88. The van der Waals surface area contributed by atoms with Crippen LogP contribution in [-0.2, 0) is 6.42 Å². The Hall–Kier alpha value is -3.62. The average Bonchev–Trinajstić information content (AvgIpc) is 3.20. The van der Waals surface area contributed by atoms with Crippen LogP contribution >= 0.6 is 11.6 Å². The number of nitrogens with zero attached hydrogens (tertiary/aromatic N) is 1. The summed E-state index contributed by atoms with van der Waals surface area (Å²) in [6.07, 6.45) is 0.951. The van der Waals surface area contributed by atoms with Gasteiger partial charge in [-0.05, 0) is 82.3 Å². The largest absolute Gasteiger partial charge is 0.497 e. The summed E-state index contributed by atoms with van der Waals surface area (Å²) in [6, 6.07) is 31.5. The SMILES string of the molecule is COc1ccc(-c2cc(-c3ccc(Cl)cc3)nc3cc4c(cc23)-c2ccccc2C4)cc1. The second kappa shape index (κ2) is 7.51. The van der Waals surface area contributed by atoms with Gasteiger partial charge in [-0.1, -0.05) is 60.1 Å². The van der Waals surface area contributed by atoms with Crippen molar-refractivity contribution in [3.8, 4) is 39.3 Å².